The van der Waals surface area contributed by atoms with Gasteiger partial charge in [-0.3, -0.25) is 4.98 Å². The molecule has 21 heavy (non-hydrogen) atoms. The summed E-state index contributed by atoms with van der Waals surface area (Å²) in [6.45, 7) is 0.591. The monoisotopic (exact) mass is 278 g/mol. The maximum absolute atomic E-state index is 9.61. The van der Waals surface area contributed by atoms with E-state index in [-0.39, 0.29) is 5.75 Å². The topological polar surface area (TPSA) is 62.1 Å². The van der Waals surface area contributed by atoms with Gasteiger partial charge in [-0.05, 0) is 29.8 Å². The molecule has 0 aliphatic heterocycles. The van der Waals surface area contributed by atoms with Gasteiger partial charge >= 0.3 is 0 Å². The summed E-state index contributed by atoms with van der Waals surface area (Å²) >= 11 is 0. The Morgan fingerprint density at radius 2 is 1.71 bits per heavy atom. The van der Waals surface area contributed by atoms with E-state index in [4.69, 9.17) is 0 Å². The molecule has 0 aliphatic rings. The normalized spacial score (nSPS) is 10.3. The van der Waals surface area contributed by atoms with Gasteiger partial charge in [-0.25, -0.2) is 9.97 Å². The van der Waals surface area contributed by atoms with Gasteiger partial charge in [0.2, 0.25) is 0 Å². The molecule has 104 valence electrons. The highest BCUT2D eigenvalue weighted by atomic mass is 16.3. The molecule has 0 unspecified atom stereocenters. The van der Waals surface area contributed by atoms with Crippen molar-refractivity contribution in [2.24, 2.45) is 0 Å². The average Bonchev–Trinajstić information content (AvgIpc) is 2.54. The van der Waals surface area contributed by atoms with Crippen molar-refractivity contribution in [3.8, 4) is 5.75 Å². The van der Waals surface area contributed by atoms with Crippen molar-refractivity contribution in [3.05, 3.63) is 73.1 Å². The number of hydrogen-bond donors (Lipinski definition) is 1. The zero-order valence-electron chi connectivity index (χ0n) is 11.3. The molecule has 0 radical (unpaired) electrons. The van der Waals surface area contributed by atoms with E-state index >= 15 is 0 Å². The van der Waals surface area contributed by atoms with E-state index in [1.165, 1.54) is 6.33 Å². The van der Waals surface area contributed by atoms with E-state index in [0.717, 1.165) is 16.9 Å². The molecule has 2 heterocycles. The van der Waals surface area contributed by atoms with E-state index in [2.05, 4.69) is 15.0 Å². The molecule has 2 aromatic heterocycles. The molecule has 0 saturated heterocycles. The Morgan fingerprint density at radius 3 is 2.43 bits per heavy atom. The van der Waals surface area contributed by atoms with Crippen LogP contribution in [0.5, 0.6) is 5.75 Å². The van der Waals surface area contributed by atoms with Gasteiger partial charge in [-0.15, -0.1) is 0 Å². The van der Waals surface area contributed by atoms with Crippen molar-refractivity contribution < 1.29 is 5.11 Å². The lowest BCUT2D eigenvalue weighted by molar-refractivity contribution is 0.474. The predicted molar refractivity (Wildman–Crippen MR) is 80.2 cm³/mol. The summed E-state index contributed by atoms with van der Waals surface area (Å²) in [5.41, 5.74) is 2.80. The lowest BCUT2D eigenvalue weighted by Gasteiger charge is -2.24. The quantitative estimate of drug-likeness (QED) is 0.795. The smallest absolute Gasteiger partial charge is 0.115 e. The van der Waals surface area contributed by atoms with Crippen LogP contribution in [0.2, 0.25) is 0 Å². The molecular weight excluding hydrogens is 264 g/mol. The van der Waals surface area contributed by atoms with Crippen molar-refractivity contribution in [1.29, 1.82) is 0 Å². The molecule has 5 nitrogen and oxygen atoms in total. The number of aromatic hydroxyl groups is 1. The summed E-state index contributed by atoms with van der Waals surface area (Å²) in [5.74, 6) is 0.253. The lowest BCUT2D eigenvalue weighted by Crippen LogP contribution is -2.17. The third-order valence-corrected chi connectivity index (χ3v) is 3.07. The molecule has 1 aromatic carbocycles. The minimum atomic E-state index is 0.253. The van der Waals surface area contributed by atoms with Gasteiger partial charge < -0.3 is 10.0 Å². The van der Waals surface area contributed by atoms with Crippen LogP contribution in [0.1, 0.15) is 5.56 Å². The van der Waals surface area contributed by atoms with Crippen LogP contribution in [-0.2, 0) is 6.54 Å². The van der Waals surface area contributed by atoms with Gasteiger partial charge in [0.15, 0.2) is 0 Å². The standard InChI is InChI=1S/C16H14N4O/c21-16-5-1-3-13(7-16)11-20(14-4-2-6-17-8-14)15-9-18-12-19-10-15/h1-10,12,21H,11H2. The Labute approximate surface area is 122 Å². The third kappa shape index (κ3) is 3.14. The molecule has 0 atom stereocenters. The zero-order valence-corrected chi connectivity index (χ0v) is 11.3. The van der Waals surface area contributed by atoms with Crippen molar-refractivity contribution >= 4 is 11.4 Å². The number of hydrogen-bond acceptors (Lipinski definition) is 5. The van der Waals surface area contributed by atoms with Crippen molar-refractivity contribution in [2.45, 2.75) is 6.54 Å². The molecule has 5 heteroatoms. The van der Waals surface area contributed by atoms with Crippen LogP contribution in [0.25, 0.3) is 0 Å². The van der Waals surface area contributed by atoms with E-state index in [0.29, 0.717) is 6.54 Å². The van der Waals surface area contributed by atoms with Crippen LogP contribution >= 0.6 is 0 Å². The largest absolute Gasteiger partial charge is 0.508 e. The second-order valence-corrected chi connectivity index (χ2v) is 4.56. The van der Waals surface area contributed by atoms with Gasteiger partial charge in [0.1, 0.15) is 12.1 Å². The van der Waals surface area contributed by atoms with Crippen LogP contribution in [0, 0.1) is 0 Å². The van der Waals surface area contributed by atoms with E-state index in [1.807, 2.05) is 29.2 Å². The second-order valence-electron chi connectivity index (χ2n) is 4.56. The fourth-order valence-electron chi connectivity index (χ4n) is 2.11. The predicted octanol–water partition coefficient (Wildman–Crippen LogP) is 2.92. The average molecular weight is 278 g/mol. The van der Waals surface area contributed by atoms with Crippen molar-refractivity contribution in [1.82, 2.24) is 15.0 Å². The summed E-state index contributed by atoms with van der Waals surface area (Å²) in [5, 5.41) is 9.61. The maximum Gasteiger partial charge on any atom is 0.115 e. The first kappa shape index (κ1) is 13.1. The second kappa shape index (κ2) is 6.00. The van der Waals surface area contributed by atoms with Gasteiger partial charge in [-0.2, -0.15) is 0 Å². The van der Waals surface area contributed by atoms with Gasteiger partial charge in [0.25, 0.3) is 0 Å². The zero-order chi connectivity index (χ0) is 14.5. The number of phenols is 1. The third-order valence-electron chi connectivity index (χ3n) is 3.07. The number of phenolic OH excluding ortho intramolecular Hbond substituents is 1. The Hall–Kier alpha value is -2.95. The minimum Gasteiger partial charge on any atom is -0.508 e. The number of aromatic nitrogens is 3. The highest BCUT2D eigenvalue weighted by molar-refractivity contribution is 5.60. The van der Waals surface area contributed by atoms with Crippen LogP contribution < -0.4 is 4.90 Å². The summed E-state index contributed by atoms with van der Waals surface area (Å²) in [4.78, 5) is 14.3. The summed E-state index contributed by atoms with van der Waals surface area (Å²) in [6, 6.07) is 11.1. The first-order chi connectivity index (χ1) is 10.3. The number of nitrogens with zero attached hydrogens (tertiary/aromatic N) is 4. The number of rotatable bonds is 4. The molecule has 3 aromatic rings. The van der Waals surface area contributed by atoms with Gasteiger partial charge in [-0.1, -0.05) is 12.1 Å². The summed E-state index contributed by atoms with van der Waals surface area (Å²) in [6.07, 6.45) is 8.53. The summed E-state index contributed by atoms with van der Waals surface area (Å²) in [7, 11) is 0. The van der Waals surface area contributed by atoms with Crippen LogP contribution in [0.3, 0.4) is 0 Å². The molecule has 0 bridgehead atoms. The molecule has 0 aliphatic carbocycles. The Balaban J connectivity index is 1.97. The molecule has 0 spiro atoms. The highest BCUT2D eigenvalue weighted by Gasteiger charge is 2.11. The first-order valence-corrected chi connectivity index (χ1v) is 6.53. The molecular formula is C16H14N4O. The number of anilines is 2. The fourth-order valence-corrected chi connectivity index (χ4v) is 2.11. The highest BCUT2D eigenvalue weighted by Crippen LogP contribution is 2.26. The first-order valence-electron chi connectivity index (χ1n) is 6.53. The van der Waals surface area contributed by atoms with Gasteiger partial charge in [0.05, 0.1) is 30.0 Å². The SMILES string of the molecule is Oc1cccc(CN(c2cccnc2)c2cncnc2)c1. The number of pyridine rings is 1. The molecule has 1 N–H and O–H groups in total. The molecule has 0 saturated carbocycles. The maximum atomic E-state index is 9.61. The molecule has 0 fully saturated rings. The fraction of sp³-hybridized carbons (Fsp3) is 0.0625. The van der Waals surface area contributed by atoms with Gasteiger partial charge in [0, 0.05) is 12.7 Å². The molecule has 0 amide bonds. The number of benzene rings is 1. The van der Waals surface area contributed by atoms with Crippen LogP contribution in [-0.4, -0.2) is 20.1 Å². The van der Waals surface area contributed by atoms with Crippen molar-refractivity contribution in [3.63, 3.8) is 0 Å². The minimum absolute atomic E-state index is 0.253. The van der Waals surface area contributed by atoms with Crippen molar-refractivity contribution in [2.75, 3.05) is 4.90 Å². The van der Waals surface area contributed by atoms with Crippen LogP contribution in [0.15, 0.2) is 67.5 Å². The van der Waals surface area contributed by atoms with E-state index < -0.39 is 0 Å². The Morgan fingerprint density at radius 1 is 0.905 bits per heavy atom. The Kier molecular flexibility index (Phi) is 3.73. The Bertz CT molecular complexity index is 664. The lowest BCUT2D eigenvalue weighted by atomic mass is 10.2. The summed E-state index contributed by atoms with van der Waals surface area (Å²) < 4.78 is 0. The van der Waals surface area contributed by atoms with E-state index in [1.54, 1.807) is 36.9 Å². The van der Waals surface area contributed by atoms with Crippen LogP contribution in [0.4, 0.5) is 11.4 Å². The van der Waals surface area contributed by atoms with E-state index in [9.17, 15) is 5.11 Å². The molecule has 3 rings (SSSR count).